The Morgan fingerprint density at radius 1 is 1.13 bits per heavy atom. The van der Waals surface area contributed by atoms with Crippen LogP contribution in [-0.4, -0.2) is 68.5 Å². The second kappa shape index (κ2) is 9.60. The summed E-state index contributed by atoms with van der Waals surface area (Å²) in [5, 5.41) is 4.04. The molecular formula is C24H27N3O3S. The van der Waals surface area contributed by atoms with Crippen LogP contribution in [0, 0.1) is 0 Å². The van der Waals surface area contributed by atoms with Gasteiger partial charge in [-0.3, -0.25) is 9.59 Å². The molecule has 3 aromatic rings. The average Bonchev–Trinajstić information content (AvgIpc) is 3.19. The summed E-state index contributed by atoms with van der Waals surface area (Å²) in [6.07, 6.45) is -0.341. The van der Waals surface area contributed by atoms with Crippen molar-refractivity contribution in [2.45, 2.75) is 6.10 Å². The maximum Gasteiger partial charge on any atom is 0.261 e. The number of hydrogen-bond donors (Lipinski definition) is 1. The second-order valence-corrected chi connectivity index (χ2v) is 8.93. The zero-order chi connectivity index (χ0) is 21.8. The van der Waals surface area contributed by atoms with E-state index < -0.39 is 0 Å². The van der Waals surface area contributed by atoms with E-state index in [0.717, 1.165) is 22.2 Å². The number of nitrogens with zero attached hydrogens (tertiary/aromatic N) is 2. The van der Waals surface area contributed by atoms with Gasteiger partial charge in [-0.25, -0.2) is 0 Å². The van der Waals surface area contributed by atoms with Crippen LogP contribution in [0.3, 0.4) is 0 Å². The molecule has 2 amide bonds. The zero-order valence-corrected chi connectivity index (χ0v) is 18.7. The molecule has 2 heterocycles. The first-order valence-corrected chi connectivity index (χ1v) is 11.3. The highest BCUT2D eigenvalue weighted by Crippen LogP contribution is 2.38. The van der Waals surface area contributed by atoms with Crippen LogP contribution in [0.5, 0.6) is 0 Å². The molecule has 0 bridgehead atoms. The van der Waals surface area contributed by atoms with Crippen molar-refractivity contribution in [3.8, 4) is 0 Å². The largest absolute Gasteiger partial charge is 0.370 e. The molecule has 1 aliphatic rings. The first-order chi connectivity index (χ1) is 15.0. The quantitative estimate of drug-likeness (QED) is 0.642. The molecule has 6 nitrogen and oxygen atoms in total. The molecule has 1 atom stereocenters. The van der Waals surface area contributed by atoms with Crippen LogP contribution < -0.4 is 5.32 Å². The van der Waals surface area contributed by atoms with Crippen LogP contribution >= 0.6 is 11.3 Å². The van der Waals surface area contributed by atoms with E-state index >= 15 is 0 Å². The molecule has 0 unspecified atom stereocenters. The average molecular weight is 438 g/mol. The normalized spacial score (nSPS) is 16.6. The number of fused-ring (bicyclic) bond motifs is 1. The van der Waals surface area contributed by atoms with Gasteiger partial charge in [-0.1, -0.05) is 36.4 Å². The maximum atomic E-state index is 13.0. The van der Waals surface area contributed by atoms with E-state index in [1.165, 1.54) is 11.3 Å². The van der Waals surface area contributed by atoms with Crippen molar-refractivity contribution in [3.05, 3.63) is 70.6 Å². The van der Waals surface area contributed by atoms with Crippen LogP contribution in [-0.2, 0) is 4.74 Å². The Morgan fingerprint density at radius 2 is 1.87 bits per heavy atom. The minimum atomic E-state index is -0.341. The van der Waals surface area contributed by atoms with Gasteiger partial charge in [0, 0.05) is 35.5 Å². The lowest BCUT2D eigenvalue weighted by Gasteiger charge is -2.33. The Labute approximate surface area is 186 Å². The molecular weight excluding hydrogens is 410 g/mol. The minimum absolute atomic E-state index is 0.00887. The molecule has 162 valence electrons. The number of thiophene rings is 1. The van der Waals surface area contributed by atoms with Gasteiger partial charge in [-0.05, 0) is 37.7 Å². The highest BCUT2D eigenvalue weighted by molar-refractivity contribution is 7.21. The monoisotopic (exact) mass is 437 g/mol. The number of hydrogen-bond acceptors (Lipinski definition) is 5. The summed E-state index contributed by atoms with van der Waals surface area (Å²) in [5.41, 5.74) is 1.55. The molecule has 0 spiro atoms. The van der Waals surface area contributed by atoms with Crippen molar-refractivity contribution in [2.75, 3.05) is 46.9 Å². The molecule has 1 N–H and O–H groups in total. The smallest absolute Gasteiger partial charge is 0.261 e. The fraction of sp³-hybridized carbons (Fsp3) is 0.333. The van der Waals surface area contributed by atoms with Crippen LogP contribution in [0.4, 0.5) is 0 Å². The van der Waals surface area contributed by atoms with Crippen molar-refractivity contribution in [1.82, 2.24) is 15.1 Å². The summed E-state index contributed by atoms with van der Waals surface area (Å²) in [5.74, 6) is -0.0985. The Morgan fingerprint density at radius 3 is 2.65 bits per heavy atom. The molecule has 1 fully saturated rings. The number of carbonyl (C=O) groups is 2. The van der Waals surface area contributed by atoms with Crippen LogP contribution in [0.1, 0.15) is 31.7 Å². The highest BCUT2D eigenvalue weighted by Gasteiger charge is 2.31. The fourth-order valence-corrected chi connectivity index (χ4v) is 4.97. The lowest BCUT2D eigenvalue weighted by Crippen LogP contribution is -2.42. The Hall–Kier alpha value is -2.74. The molecule has 1 saturated heterocycles. The number of ether oxygens (including phenoxy) is 1. The van der Waals surface area contributed by atoms with Crippen LogP contribution in [0.2, 0.25) is 0 Å². The summed E-state index contributed by atoms with van der Waals surface area (Å²) in [6, 6.07) is 17.3. The van der Waals surface area contributed by atoms with Crippen molar-refractivity contribution in [1.29, 1.82) is 0 Å². The zero-order valence-electron chi connectivity index (χ0n) is 17.8. The fourth-order valence-electron chi connectivity index (χ4n) is 3.80. The van der Waals surface area contributed by atoms with E-state index in [1.807, 2.05) is 78.5 Å². The summed E-state index contributed by atoms with van der Waals surface area (Å²) < 4.78 is 7.15. The van der Waals surface area contributed by atoms with Gasteiger partial charge in [0.05, 0.1) is 18.0 Å². The lowest BCUT2D eigenvalue weighted by molar-refractivity contribution is -0.0222. The van der Waals surface area contributed by atoms with E-state index in [-0.39, 0.29) is 17.9 Å². The number of likely N-dealkylation sites (N-methyl/N-ethyl adjacent to an activating group) is 1. The molecule has 0 saturated carbocycles. The van der Waals surface area contributed by atoms with Gasteiger partial charge in [-0.2, -0.15) is 0 Å². The summed E-state index contributed by atoms with van der Waals surface area (Å²) >= 11 is 1.48. The molecule has 4 rings (SSSR count). The first kappa shape index (κ1) is 21.5. The van der Waals surface area contributed by atoms with Gasteiger partial charge in [0.25, 0.3) is 11.8 Å². The van der Waals surface area contributed by atoms with E-state index in [1.54, 1.807) is 0 Å². The lowest BCUT2D eigenvalue weighted by atomic mass is 10.0. The predicted molar refractivity (Wildman–Crippen MR) is 124 cm³/mol. The second-order valence-electron chi connectivity index (χ2n) is 7.88. The number of morpholine rings is 1. The van der Waals surface area contributed by atoms with Crippen molar-refractivity contribution in [2.24, 2.45) is 0 Å². The van der Waals surface area contributed by atoms with Crippen molar-refractivity contribution in [3.63, 3.8) is 0 Å². The standard InChI is InChI=1S/C24H27N3O3S/c1-26(2)13-12-25-23(28)22-21(18-10-6-7-11-20(18)31-22)19-16-27(14-15-30-19)24(29)17-8-4-3-5-9-17/h3-11,19H,12-16H2,1-2H3,(H,25,28)/t19-/m1/s1. The van der Waals surface area contributed by atoms with Gasteiger partial charge in [0.15, 0.2) is 0 Å². The van der Waals surface area contributed by atoms with Gasteiger partial charge in [0.1, 0.15) is 6.10 Å². The number of amides is 2. The first-order valence-electron chi connectivity index (χ1n) is 10.4. The van der Waals surface area contributed by atoms with Crippen molar-refractivity contribution < 1.29 is 14.3 Å². The summed E-state index contributed by atoms with van der Waals surface area (Å²) in [4.78, 5) is 30.6. The summed E-state index contributed by atoms with van der Waals surface area (Å²) in [6.45, 7) is 2.74. The minimum Gasteiger partial charge on any atom is -0.370 e. The molecule has 31 heavy (non-hydrogen) atoms. The van der Waals surface area contributed by atoms with E-state index in [0.29, 0.717) is 36.7 Å². The number of benzene rings is 2. The third-order valence-electron chi connectivity index (χ3n) is 5.38. The van der Waals surface area contributed by atoms with Gasteiger partial charge >= 0.3 is 0 Å². The SMILES string of the molecule is CN(C)CCNC(=O)c1sc2ccccc2c1[C@H]1CN(C(=O)c2ccccc2)CCO1. The van der Waals surface area contributed by atoms with E-state index in [2.05, 4.69) is 5.32 Å². The predicted octanol–water partition coefficient (Wildman–Crippen LogP) is 3.41. The molecule has 1 aromatic heterocycles. The van der Waals surface area contributed by atoms with Gasteiger partial charge in [0.2, 0.25) is 0 Å². The number of rotatable bonds is 6. The third-order valence-corrected chi connectivity index (χ3v) is 6.57. The molecule has 7 heteroatoms. The van der Waals surface area contributed by atoms with Gasteiger partial charge < -0.3 is 19.9 Å². The molecule has 2 aromatic carbocycles. The third kappa shape index (κ3) is 4.79. The maximum absolute atomic E-state index is 13.0. The van der Waals surface area contributed by atoms with E-state index in [9.17, 15) is 9.59 Å². The Bertz CT molecular complexity index is 1060. The number of carbonyl (C=O) groups excluding carboxylic acids is 2. The molecule has 0 aliphatic carbocycles. The van der Waals surface area contributed by atoms with Gasteiger partial charge in [-0.15, -0.1) is 11.3 Å². The molecule has 0 radical (unpaired) electrons. The highest BCUT2D eigenvalue weighted by atomic mass is 32.1. The Balaban J connectivity index is 1.61. The van der Waals surface area contributed by atoms with Crippen LogP contribution in [0.25, 0.3) is 10.1 Å². The number of nitrogens with one attached hydrogen (secondary N) is 1. The topological polar surface area (TPSA) is 61.9 Å². The summed E-state index contributed by atoms with van der Waals surface area (Å²) in [7, 11) is 3.95. The molecule has 1 aliphatic heterocycles. The van der Waals surface area contributed by atoms with Crippen LogP contribution in [0.15, 0.2) is 54.6 Å². The van der Waals surface area contributed by atoms with E-state index in [4.69, 9.17) is 4.74 Å². The van der Waals surface area contributed by atoms with Crippen molar-refractivity contribution >= 4 is 33.2 Å². The Kier molecular flexibility index (Phi) is 6.65.